The second-order valence-electron chi connectivity index (χ2n) is 2.35. The van der Waals surface area contributed by atoms with Crippen LogP contribution < -0.4 is 0 Å². The van der Waals surface area contributed by atoms with E-state index in [-0.39, 0.29) is 0 Å². The minimum atomic E-state index is 0.432. The number of rotatable bonds is 4. The first-order valence-corrected chi connectivity index (χ1v) is 3.26. The van der Waals surface area contributed by atoms with Crippen molar-refractivity contribution in [2.75, 3.05) is 13.2 Å². The normalized spacial score (nSPS) is 11.3. The van der Waals surface area contributed by atoms with Gasteiger partial charge in [-0.25, -0.2) is 0 Å². The highest BCUT2D eigenvalue weighted by Crippen LogP contribution is 1.94. The van der Waals surface area contributed by atoms with Crippen molar-refractivity contribution in [3.63, 3.8) is 0 Å². The quantitative estimate of drug-likeness (QED) is 0.586. The van der Waals surface area contributed by atoms with E-state index in [0.717, 1.165) is 5.23 Å². The maximum atomic E-state index is 8.83. The van der Waals surface area contributed by atoms with Crippen molar-refractivity contribution in [1.82, 2.24) is 5.23 Å². The van der Waals surface area contributed by atoms with E-state index >= 15 is 0 Å². The molecule has 0 saturated heterocycles. The molecular formula is C6H15NO2. The maximum Gasteiger partial charge on any atom is 0.0683 e. The predicted octanol–water partition coefficient (Wildman–Crippen LogP) is 1.29. The molecule has 0 bridgehead atoms. The molecule has 0 amide bonds. The Morgan fingerprint density at radius 2 is 2.11 bits per heavy atom. The highest BCUT2D eigenvalue weighted by atomic mass is 16.9. The topological polar surface area (TPSA) is 32.7 Å². The van der Waals surface area contributed by atoms with Gasteiger partial charge in [0.25, 0.3) is 0 Å². The van der Waals surface area contributed by atoms with E-state index in [2.05, 4.69) is 0 Å². The van der Waals surface area contributed by atoms with Gasteiger partial charge in [0.2, 0.25) is 0 Å². The Bertz CT molecular complexity index is 66.1. The molecule has 0 radical (unpaired) electrons. The van der Waals surface area contributed by atoms with E-state index in [9.17, 15) is 0 Å². The van der Waals surface area contributed by atoms with Crippen LogP contribution in [0.2, 0.25) is 0 Å². The Hall–Kier alpha value is -0.120. The molecule has 0 aliphatic rings. The fourth-order valence-corrected chi connectivity index (χ4v) is 0.514. The molecule has 0 aromatic rings. The molecule has 0 unspecified atom stereocenters. The van der Waals surface area contributed by atoms with Crippen LogP contribution in [-0.4, -0.2) is 23.6 Å². The van der Waals surface area contributed by atoms with E-state index in [1.54, 1.807) is 0 Å². The summed E-state index contributed by atoms with van der Waals surface area (Å²) in [5.41, 5.74) is 0. The Balaban J connectivity index is 3.15. The third-order valence-corrected chi connectivity index (χ3v) is 0.799. The van der Waals surface area contributed by atoms with Gasteiger partial charge in [-0.3, -0.25) is 10.0 Å². The lowest BCUT2D eigenvalue weighted by molar-refractivity contribution is -0.341. The number of nitrogens with zero attached hydrogens (tertiary/aromatic N) is 1. The molecule has 0 aromatic carbocycles. The van der Waals surface area contributed by atoms with E-state index < -0.39 is 0 Å². The third-order valence-electron chi connectivity index (χ3n) is 0.799. The highest BCUT2D eigenvalue weighted by molar-refractivity contribution is 4.40. The maximum absolute atomic E-state index is 8.83. The molecule has 9 heavy (non-hydrogen) atoms. The zero-order chi connectivity index (χ0) is 7.28. The molecule has 0 aliphatic carbocycles. The predicted molar refractivity (Wildman–Crippen MR) is 35.0 cm³/mol. The van der Waals surface area contributed by atoms with Crippen LogP contribution in [0.1, 0.15) is 20.8 Å². The van der Waals surface area contributed by atoms with Gasteiger partial charge in [0.05, 0.1) is 13.2 Å². The molecule has 0 rings (SSSR count). The molecule has 0 fully saturated rings. The van der Waals surface area contributed by atoms with Crippen LogP contribution in [0, 0.1) is 5.92 Å². The fraction of sp³-hybridized carbons (Fsp3) is 1.00. The van der Waals surface area contributed by atoms with Crippen molar-refractivity contribution >= 4 is 0 Å². The summed E-state index contributed by atoms with van der Waals surface area (Å²) in [5.74, 6) is 0.432. The second kappa shape index (κ2) is 4.73. The zero-order valence-electron chi connectivity index (χ0n) is 6.29. The van der Waals surface area contributed by atoms with Crippen LogP contribution in [0.4, 0.5) is 0 Å². The van der Waals surface area contributed by atoms with Crippen LogP contribution >= 0.6 is 0 Å². The second-order valence-corrected chi connectivity index (χ2v) is 2.35. The number of hydroxylamine groups is 2. The first-order valence-electron chi connectivity index (χ1n) is 3.26. The van der Waals surface area contributed by atoms with Crippen molar-refractivity contribution in [1.29, 1.82) is 0 Å². The number of hydrogen-bond donors (Lipinski definition) is 1. The third kappa shape index (κ3) is 5.76. The SMILES string of the molecule is CCON(O)CC(C)C. The van der Waals surface area contributed by atoms with Gasteiger partial charge in [0, 0.05) is 0 Å². The summed E-state index contributed by atoms with van der Waals surface area (Å²) < 4.78 is 0. The fourth-order valence-electron chi connectivity index (χ4n) is 0.514. The summed E-state index contributed by atoms with van der Waals surface area (Å²) in [6, 6.07) is 0. The van der Waals surface area contributed by atoms with Crippen molar-refractivity contribution in [2.45, 2.75) is 20.8 Å². The van der Waals surface area contributed by atoms with Gasteiger partial charge in [-0.15, -0.1) is 0 Å². The first-order chi connectivity index (χ1) is 4.16. The largest absolute Gasteiger partial charge is 0.290 e. The Morgan fingerprint density at radius 1 is 1.56 bits per heavy atom. The van der Waals surface area contributed by atoms with Crippen molar-refractivity contribution < 1.29 is 10.0 Å². The molecule has 3 heteroatoms. The lowest BCUT2D eigenvalue weighted by Gasteiger charge is -2.14. The first kappa shape index (κ1) is 8.88. The average Bonchev–Trinajstić information content (AvgIpc) is 1.63. The van der Waals surface area contributed by atoms with Crippen LogP contribution in [0.5, 0.6) is 0 Å². The van der Waals surface area contributed by atoms with Crippen molar-refractivity contribution in [2.24, 2.45) is 5.92 Å². The lowest BCUT2D eigenvalue weighted by Crippen LogP contribution is -2.24. The number of hydrogen-bond acceptors (Lipinski definition) is 3. The summed E-state index contributed by atoms with van der Waals surface area (Å²) in [7, 11) is 0. The summed E-state index contributed by atoms with van der Waals surface area (Å²) in [6.45, 7) is 6.95. The van der Waals surface area contributed by atoms with Gasteiger partial charge in [0.15, 0.2) is 0 Å². The summed E-state index contributed by atoms with van der Waals surface area (Å²) in [5, 5.41) is 9.71. The molecule has 0 aromatic heterocycles. The van der Waals surface area contributed by atoms with Crippen LogP contribution in [0.3, 0.4) is 0 Å². The van der Waals surface area contributed by atoms with Crippen LogP contribution in [0.15, 0.2) is 0 Å². The van der Waals surface area contributed by atoms with E-state index in [1.165, 1.54) is 0 Å². The van der Waals surface area contributed by atoms with E-state index in [0.29, 0.717) is 19.1 Å². The summed E-state index contributed by atoms with van der Waals surface area (Å²) >= 11 is 0. The molecular weight excluding hydrogens is 118 g/mol. The zero-order valence-corrected chi connectivity index (χ0v) is 6.29. The Labute approximate surface area is 56.1 Å². The monoisotopic (exact) mass is 133 g/mol. The standard InChI is InChI=1S/C6H15NO2/c1-4-9-7(8)5-6(2)3/h6,8H,4-5H2,1-3H3. The molecule has 3 nitrogen and oxygen atoms in total. The molecule has 0 saturated carbocycles. The highest BCUT2D eigenvalue weighted by Gasteiger charge is 2.00. The van der Waals surface area contributed by atoms with Crippen molar-refractivity contribution in [3.8, 4) is 0 Å². The van der Waals surface area contributed by atoms with Gasteiger partial charge >= 0.3 is 0 Å². The molecule has 56 valence electrons. The van der Waals surface area contributed by atoms with E-state index in [4.69, 9.17) is 10.0 Å². The van der Waals surface area contributed by atoms with Crippen LogP contribution in [-0.2, 0) is 4.84 Å². The van der Waals surface area contributed by atoms with Gasteiger partial charge in [0.1, 0.15) is 0 Å². The van der Waals surface area contributed by atoms with Gasteiger partial charge in [-0.1, -0.05) is 19.1 Å². The van der Waals surface area contributed by atoms with Gasteiger partial charge in [-0.2, -0.15) is 0 Å². The Morgan fingerprint density at radius 3 is 2.44 bits per heavy atom. The Kier molecular flexibility index (Phi) is 4.67. The molecule has 1 N–H and O–H groups in total. The smallest absolute Gasteiger partial charge is 0.0683 e. The van der Waals surface area contributed by atoms with Crippen molar-refractivity contribution in [3.05, 3.63) is 0 Å². The summed E-state index contributed by atoms with van der Waals surface area (Å²) in [4.78, 5) is 4.74. The minimum absolute atomic E-state index is 0.432. The molecule has 0 aliphatic heterocycles. The molecule has 0 heterocycles. The summed E-state index contributed by atoms with van der Waals surface area (Å²) in [6.07, 6.45) is 0. The molecule has 0 atom stereocenters. The molecule has 0 spiro atoms. The average molecular weight is 133 g/mol. The van der Waals surface area contributed by atoms with Crippen LogP contribution in [0.25, 0.3) is 0 Å². The van der Waals surface area contributed by atoms with E-state index in [1.807, 2.05) is 20.8 Å². The minimum Gasteiger partial charge on any atom is -0.290 e. The van der Waals surface area contributed by atoms with Gasteiger partial charge < -0.3 is 0 Å². The van der Waals surface area contributed by atoms with Gasteiger partial charge in [-0.05, 0) is 12.8 Å². The lowest BCUT2D eigenvalue weighted by atomic mass is 10.2.